The molecule has 0 aliphatic rings. The van der Waals surface area contributed by atoms with Crippen LogP contribution >= 0.6 is 11.3 Å². The molecule has 0 saturated heterocycles. The lowest BCUT2D eigenvalue weighted by atomic mass is 10.00. The molecule has 0 aliphatic carbocycles. The molecule has 0 fully saturated rings. The van der Waals surface area contributed by atoms with Crippen molar-refractivity contribution in [3.63, 3.8) is 0 Å². The Balaban J connectivity index is 1.97. The lowest BCUT2D eigenvalue weighted by molar-refractivity contribution is 0.531. The SMILES string of the molecule is CCCNC(Cc1nccs1)c1cccc2cccnc12. The van der Waals surface area contributed by atoms with Crippen LogP contribution < -0.4 is 5.32 Å². The van der Waals surface area contributed by atoms with Gasteiger partial charge in [-0.1, -0.05) is 31.2 Å². The van der Waals surface area contributed by atoms with E-state index in [1.807, 2.05) is 23.8 Å². The fourth-order valence-corrected chi connectivity index (χ4v) is 3.21. The normalized spacial score (nSPS) is 12.6. The van der Waals surface area contributed by atoms with Gasteiger partial charge in [0.25, 0.3) is 0 Å². The number of para-hydroxylation sites is 1. The van der Waals surface area contributed by atoms with Crippen molar-refractivity contribution in [3.05, 3.63) is 58.7 Å². The quantitative estimate of drug-likeness (QED) is 0.748. The third kappa shape index (κ3) is 3.28. The molecule has 2 aromatic heterocycles. The highest BCUT2D eigenvalue weighted by Crippen LogP contribution is 2.25. The van der Waals surface area contributed by atoms with Crippen molar-refractivity contribution >= 4 is 22.2 Å². The Morgan fingerprint density at radius 1 is 1.14 bits per heavy atom. The maximum absolute atomic E-state index is 4.58. The third-order valence-corrected chi connectivity index (χ3v) is 4.34. The lowest BCUT2D eigenvalue weighted by Crippen LogP contribution is -2.24. The molecular formula is C17H19N3S. The van der Waals surface area contributed by atoms with Gasteiger partial charge in [-0.05, 0) is 24.6 Å². The summed E-state index contributed by atoms with van der Waals surface area (Å²) in [5, 5.41) is 8.03. The second kappa shape index (κ2) is 6.78. The predicted molar refractivity (Wildman–Crippen MR) is 88.6 cm³/mol. The Kier molecular flexibility index (Phi) is 4.58. The van der Waals surface area contributed by atoms with Gasteiger partial charge in [0.2, 0.25) is 0 Å². The fraction of sp³-hybridized carbons (Fsp3) is 0.294. The summed E-state index contributed by atoms with van der Waals surface area (Å²) in [6.07, 6.45) is 5.77. The topological polar surface area (TPSA) is 37.8 Å². The fourth-order valence-electron chi connectivity index (χ4n) is 2.55. The van der Waals surface area contributed by atoms with Crippen LogP contribution in [-0.2, 0) is 6.42 Å². The number of benzene rings is 1. The van der Waals surface area contributed by atoms with Gasteiger partial charge in [0.05, 0.1) is 10.5 Å². The van der Waals surface area contributed by atoms with E-state index in [1.54, 1.807) is 11.3 Å². The van der Waals surface area contributed by atoms with Gasteiger partial charge >= 0.3 is 0 Å². The molecule has 1 atom stereocenters. The van der Waals surface area contributed by atoms with E-state index >= 15 is 0 Å². The van der Waals surface area contributed by atoms with Crippen molar-refractivity contribution in [3.8, 4) is 0 Å². The van der Waals surface area contributed by atoms with Crippen LogP contribution in [0, 0.1) is 0 Å². The summed E-state index contributed by atoms with van der Waals surface area (Å²) in [7, 11) is 0. The summed E-state index contributed by atoms with van der Waals surface area (Å²) in [6.45, 7) is 3.19. The number of nitrogens with zero attached hydrogens (tertiary/aromatic N) is 2. The van der Waals surface area contributed by atoms with Gasteiger partial charge in [0.1, 0.15) is 0 Å². The van der Waals surface area contributed by atoms with E-state index in [-0.39, 0.29) is 6.04 Å². The highest BCUT2D eigenvalue weighted by Gasteiger charge is 2.16. The van der Waals surface area contributed by atoms with E-state index in [9.17, 15) is 0 Å². The van der Waals surface area contributed by atoms with E-state index in [0.717, 1.165) is 29.9 Å². The first kappa shape index (κ1) is 14.2. The van der Waals surface area contributed by atoms with Gasteiger partial charge in [0.15, 0.2) is 0 Å². The Morgan fingerprint density at radius 2 is 2.05 bits per heavy atom. The number of thiazole rings is 1. The van der Waals surface area contributed by atoms with Crippen molar-refractivity contribution in [2.45, 2.75) is 25.8 Å². The molecule has 2 heterocycles. The molecule has 3 nitrogen and oxygen atoms in total. The standard InChI is InChI=1S/C17H19N3S/c1-2-8-18-15(12-16-19-10-11-21-16)14-7-3-5-13-6-4-9-20-17(13)14/h3-7,9-11,15,18H,2,8,12H2,1H3. The van der Waals surface area contributed by atoms with Gasteiger partial charge < -0.3 is 5.32 Å². The molecule has 0 saturated carbocycles. The van der Waals surface area contributed by atoms with Crippen molar-refractivity contribution in [1.82, 2.24) is 15.3 Å². The molecule has 0 aliphatic heterocycles. The minimum absolute atomic E-state index is 0.259. The number of hydrogen-bond acceptors (Lipinski definition) is 4. The summed E-state index contributed by atoms with van der Waals surface area (Å²) in [4.78, 5) is 9.01. The van der Waals surface area contributed by atoms with Crippen molar-refractivity contribution < 1.29 is 0 Å². The van der Waals surface area contributed by atoms with Crippen LogP contribution in [0.2, 0.25) is 0 Å². The predicted octanol–water partition coefficient (Wildman–Crippen LogP) is 3.97. The molecule has 1 unspecified atom stereocenters. The molecule has 1 aromatic carbocycles. The van der Waals surface area contributed by atoms with Crippen LogP contribution in [0.1, 0.15) is 30.0 Å². The van der Waals surface area contributed by atoms with Crippen molar-refractivity contribution in [1.29, 1.82) is 0 Å². The average Bonchev–Trinajstić information content (AvgIpc) is 3.04. The molecule has 4 heteroatoms. The summed E-state index contributed by atoms with van der Waals surface area (Å²) < 4.78 is 0. The molecule has 0 amide bonds. The summed E-state index contributed by atoms with van der Waals surface area (Å²) in [5.41, 5.74) is 2.35. The Bertz CT molecular complexity index is 689. The zero-order valence-electron chi connectivity index (χ0n) is 12.1. The lowest BCUT2D eigenvalue weighted by Gasteiger charge is -2.19. The number of rotatable bonds is 6. The van der Waals surface area contributed by atoms with E-state index in [0.29, 0.717) is 0 Å². The van der Waals surface area contributed by atoms with Crippen LogP contribution in [0.4, 0.5) is 0 Å². The van der Waals surface area contributed by atoms with Crippen LogP contribution in [0.5, 0.6) is 0 Å². The Morgan fingerprint density at radius 3 is 2.86 bits per heavy atom. The first-order chi connectivity index (χ1) is 10.4. The van der Waals surface area contributed by atoms with Crippen LogP contribution in [0.15, 0.2) is 48.1 Å². The van der Waals surface area contributed by atoms with Crippen LogP contribution in [-0.4, -0.2) is 16.5 Å². The van der Waals surface area contributed by atoms with Crippen LogP contribution in [0.25, 0.3) is 10.9 Å². The zero-order chi connectivity index (χ0) is 14.5. The molecule has 3 rings (SSSR count). The van der Waals surface area contributed by atoms with Gasteiger partial charge in [0, 0.05) is 35.6 Å². The second-order valence-corrected chi connectivity index (χ2v) is 6.04. The summed E-state index contributed by atoms with van der Waals surface area (Å²) >= 11 is 1.71. The average molecular weight is 297 g/mol. The molecular weight excluding hydrogens is 278 g/mol. The molecule has 1 N–H and O–H groups in total. The van der Waals surface area contributed by atoms with Gasteiger partial charge in [-0.15, -0.1) is 11.3 Å². The molecule has 3 aromatic rings. The molecule has 0 spiro atoms. The molecule has 0 bridgehead atoms. The first-order valence-corrected chi connectivity index (χ1v) is 8.22. The van der Waals surface area contributed by atoms with E-state index in [4.69, 9.17) is 0 Å². The molecule has 108 valence electrons. The highest BCUT2D eigenvalue weighted by molar-refractivity contribution is 7.09. The Labute approximate surface area is 129 Å². The highest BCUT2D eigenvalue weighted by atomic mass is 32.1. The summed E-state index contributed by atoms with van der Waals surface area (Å²) in [5.74, 6) is 0. The minimum atomic E-state index is 0.259. The second-order valence-electron chi connectivity index (χ2n) is 5.06. The molecule has 21 heavy (non-hydrogen) atoms. The van der Waals surface area contributed by atoms with E-state index in [1.165, 1.54) is 10.9 Å². The maximum Gasteiger partial charge on any atom is 0.0943 e. The molecule has 0 radical (unpaired) electrons. The number of fused-ring (bicyclic) bond motifs is 1. The maximum atomic E-state index is 4.58. The third-order valence-electron chi connectivity index (χ3n) is 3.54. The first-order valence-electron chi connectivity index (χ1n) is 7.34. The minimum Gasteiger partial charge on any atom is -0.310 e. The van der Waals surface area contributed by atoms with Gasteiger partial charge in [-0.2, -0.15) is 0 Å². The van der Waals surface area contributed by atoms with Gasteiger partial charge in [-0.25, -0.2) is 4.98 Å². The number of hydrogen-bond donors (Lipinski definition) is 1. The largest absolute Gasteiger partial charge is 0.310 e. The summed E-state index contributed by atoms with van der Waals surface area (Å²) in [6, 6.07) is 10.8. The van der Waals surface area contributed by atoms with Crippen molar-refractivity contribution in [2.24, 2.45) is 0 Å². The van der Waals surface area contributed by atoms with Gasteiger partial charge in [-0.3, -0.25) is 4.98 Å². The van der Waals surface area contributed by atoms with E-state index in [2.05, 4.69) is 46.5 Å². The van der Waals surface area contributed by atoms with E-state index < -0.39 is 0 Å². The smallest absolute Gasteiger partial charge is 0.0943 e. The zero-order valence-corrected chi connectivity index (χ0v) is 12.9. The Hall–Kier alpha value is -1.78. The number of aromatic nitrogens is 2. The number of nitrogens with one attached hydrogen (secondary N) is 1. The van der Waals surface area contributed by atoms with Crippen LogP contribution in [0.3, 0.4) is 0 Å². The van der Waals surface area contributed by atoms with Crippen molar-refractivity contribution in [2.75, 3.05) is 6.54 Å². The monoisotopic (exact) mass is 297 g/mol. The number of pyridine rings is 1.